The molecule has 1 atom stereocenters. The Morgan fingerprint density at radius 1 is 1.29 bits per heavy atom. The number of nitrogens with zero attached hydrogens (tertiary/aromatic N) is 1. The largest absolute Gasteiger partial charge is 0.493 e. The molecule has 1 aliphatic heterocycles. The average Bonchev–Trinajstić information content (AvgIpc) is 2.96. The lowest BCUT2D eigenvalue weighted by Gasteiger charge is -2.22. The summed E-state index contributed by atoms with van der Waals surface area (Å²) >= 11 is 0. The van der Waals surface area contributed by atoms with Crippen molar-refractivity contribution >= 4 is 12.0 Å². The molecule has 1 heterocycles. The Morgan fingerprint density at radius 2 is 2.00 bits per heavy atom. The van der Waals surface area contributed by atoms with Crippen LogP contribution in [0.15, 0.2) is 18.2 Å². The number of rotatable bonds is 7. The zero-order valence-electron chi connectivity index (χ0n) is 14.4. The topological polar surface area (TPSA) is 74.3 Å². The van der Waals surface area contributed by atoms with E-state index in [1.165, 1.54) is 0 Å². The minimum atomic E-state index is -0.603. The van der Waals surface area contributed by atoms with E-state index in [0.29, 0.717) is 11.5 Å². The van der Waals surface area contributed by atoms with Crippen LogP contribution in [0.5, 0.6) is 11.5 Å². The van der Waals surface area contributed by atoms with Crippen molar-refractivity contribution in [3.63, 3.8) is 0 Å². The van der Waals surface area contributed by atoms with Gasteiger partial charge in [-0.3, -0.25) is 4.79 Å². The second kappa shape index (κ2) is 8.01. The smallest absolute Gasteiger partial charge is 0.417 e. The first-order valence-corrected chi connectivity index (χ1v) is 7.75. The summed E-state index contributed by atoms with van der Waals surface area (Å²) in [6.45, 7) is 4.15. The normalized spacial score (nSPS) is 17.1. The SMILES string of the molecule is COc1ccc(COCC(=O)N2C(=O)OC[C@@H]2C(C)C)cc1OC. The zero-order chi connectivity index (χ0) is 17.7. The third-order valence-corrected chi connectivity index (χ3v) is 3.89. The predicted octanol–water partition coefficient (Wildman–Crippen LogP) is 2.22. The van der Waals surface area contributed by atoms with E-state index in [-0.39, 0.29) is 31.8 Å². The van der Waals surface area contributed by atoms with Crippen molar-refractivity contribution in [3.8, 4) is 11.5 Å². The van der Waals surface area contributed by atoms with Gasteiger partial charge in [0.1, 0.15) is 13.2 Å². The van der Waals surface area contributed by atoms with Crippen LogP contribution in [-0.4, -0.2) is 50.4 Å². The van der Waals surface area contributed by atoms with Crippen LogP contribution in [0, 0.1) is 5.92 Å². The van der Waals surface area contributed by atoms with Gasteiger partial charge in [0.15, 0.2) is 11.5 Å². The lowest BCUT2D eigenvalue weighted by Crippen LogP contribution is -2.43. The maximum absolute atomic E-state index is 12.2. The third kappa shape index (κ3) is 3.97. The monoisotopic (exact) mass is 337 g/mol. The summed E-state index contributed by atoms with van der Waals surface area (Å²) in [6, 6.07) is 5.14. The van der Waals surface area contributed by atoms with Crippen LogP contribution in [0.4, 0.5) is 4.79 Å². The van der Waals surface area contributed by atoms with Crippen LogP contribution in [0.1, 0.15) is 19.4 Å². The second-order valence-electron chi connectivity index (χ2n) is 5.83. The standard InChI is InChI=1S/C17H23NO6/c1-11(2)13-9-24-17(20)18(13)16(19)10-23-8-12-5-6-14(21-3)15(7-12)22-4/h5-7,11,13H,8-10H2,1-4H3/t13-/m1/s1. The minimum Gasteiger partial charge on any atom is -0.493 e. The van der Waals surface area contributed by atoms with E-state index in [1.54, 1.807) is 26.4 Å². The Hall–Kier alpha value is -2.28. The molecule has 0 N–H and O–H groups in total. The number of ether oxygens (including phenoxy) is 4. The fourth-order valence-corrected chi connectivity index (χ4v) is 2.51. The second-order valence-corrected chi connectivity index (χ2v) is 5.83. The van der Waals surface area contributed by atoms with Crippen LogP contribution in [-0.2, 0) is 20.9 Å². The molecule has 24 heavy (non-hydrogen) atoms. The number of carbonyl (C=O) groups excluding carboxylic acids is 2. The molecule has 2 amide bonds. The lowest BCUT2D eigenvalue weighted by atomic mass is 10.0. The average molecular weight is 337 g/mol. The Labute approximate surface area is 141 Å². The fourth-order valence-electron chi connectivity index (χ4n) is 2.51. The van der Waals surface area contributed by atoms with Crippen molar-refractivity contribution in [2.24, 2.45) is 5.92 Å². The lowest BCUT2D eigenvalue weighted by molar-refractivity contribution is -0.135. The van der Waals surface area contributed by atoms with Gasteiger partial charge in [-0.2, -0.15) is 0 Å². The molecule has 0 bridgehead atoms. The Balaban J connectivity index is 1.92. The number of hydrogen-bond acceptors (Lipinski definition) is 6. The van der Waals surface area contributed by atoms with Crippen LogP contribution in [0.25, 0.3) is 0 Å². The molecule has 0 unspecified atom stereocenters. The summed E-state index contributed by atoms with van der Waals surface area (Å²) in [6.07, 6.45) is -0.603. The highest BCUT2D eigenvalue weighted by atomic mass is 16.6. The van der Waals surface area contributed by atoms with Gasteiger partial charge in [0, 0.05) is 0 Å². The molecule has 1 aromatic carbocycles. The first-order valence-electron chi connectivity index (χ1n) is 7.75. The van der Waals surface area contributed by atoms with Crippen LogP contribution < -0.4 is 9.47 Å². The fraction of sp³-hybridized carbons (Fsp3) is 0.529. The number of methoxy groups -OCH3 is 2. The molecule has 1 aromatic rings. The van der Waals surface area contributed by atoms with Gasteiger partial charge < -0.3 is 18.9 Å². The van der Waals surface area contributed by atoms with E-state index < -0.39 is 12.0 Å². The summed E-state index contributed by atoms with van der Waals surface area (Å²) in [5.41, 5.74) is 0.838. The minimum absolute atomic E-state index is 0.131. The summed E-state index contributed by atoms with van der Waals surface area (Å²) in [5, 5.41) is 0. The number of benzene rings is 1. The van der Waals surface area contributed by atoms with Crippen molar-refractivity contribution in [2.45, 2.75) is 26.5 Å². The molecular formula is C17H23NO6. The molecule has 2 rings (SSSR count). The van der Waals surface area contributed by atoms with E-state index in [2.05, 4.69) is 0 Å². The molecule has 1 aliphatic rings. The molecule has 0 radical (unpaired) electrons. The van der Waals surface area contributed by atoms with Crippen molar-refractivity contribution in [3.05, 3.63) is 23.8 Å². The number of cyclic esters (lactones) is 1. The van der Waals surface area contributed by atoms with Gasteiger partial charge in [-0.05, 0) is 23.6 Å². The van der Waals surface area contributed by atoms with Crippen molar-refractivity contribution in [1.82, 2.24) is 4.90 Å². The molecule has 7 heteroatoms. The van der Waals surface area contributed by atoms with Gasteiger partial charge in [0.05, 0.1) is 26.9 Å². The molecule has 0 spiro atoms. The summed E-state index contributed by atoms with van der Waals surface area (Å²) < 4.78 is 20.8. The molecule has 0 saturated carbocycles. The van der Waals surface area contributed by atoms with Crippen molar-refractivity contribution < 1.29 is 28.5 Å². The van der Waals surface area contributed by atoms with Gasteiger partial charge >= 0.3 is 6.09 Å². The summed E-state index contributed by atoms with van der Waals surface area (Å²) in [5.74, 6) is 0.952. The highest BCUT2D eigenvalue weighted by molar-refractivity contribution is 5.94. The molecular weight excluding hydrogens is 314 g/mol. The molecule has 132 valence electrons. The highest BCUT2D eigenvalue weighted by Gasteiger charge is 2.39. The first-order chi connectivity index (χ1) is 11.5. The molecule has 0 aromatic heterocycles. The van der Waals surface area contributed by atoms with Gasteiger partial charge in [0.25, 0.3) is 5.91 Å². The number of imide groups is 1. The van der Waals surface area contributed by atoms with Crippen LogP contribution >= 0.6 is 0 Å². The van der Waals surface area contributed by atoms with E-state index >= 15 is 0 Å². The van der Waals surface area contributed by atoms with Crippen molar-refractivity contribution in [1.29, 1.82) is 0 Å². The molecule has 7 nitrogen and oxygen atoms in total. The van der Waals surface area contributed by atoms with Gasteiger partial charge in [0.2, 0.25) is 0 Å². The maximum atomic E-state index is 12.2. The van der Waals surface area contributed by atoms with Crippen LogP contribution in [0.2, 0.25) is 0 Å². The third-order valence-electron chi connectivity index (χ3n) is 3.89. The van der Waals surface area contributed by atoms with E-state index in [1.807, 2.05) is 19.9 Å². The van der Waals surface area contributed by atoms with Gasteiger partial charge in [-0.1, -0.05) is 19.9 Å². The van der Waals surface area contributed by atoms with Crippen molar-refractivity contribution in [2.75, 3.05) is 27.4 Å². The quantitative estimate of drug-likeness (QED) is 0.759. The summed E-state index contributed by atoms with van der Waals surface area (Å²) in [7, 11) is 3.12. The predicted molar refractivity (Wildman–Crippen MR) is 86.0 cm³/mol. The summed E-state index contributed by atoms with van der Waals surface area (Å²) in [4.78, 5) is 25.1. The number of hydrogen-bond donors (Lipinski definition) is 0. The Morgan fingerprint density at radius 3 is 2.62 bits per heavy atom. The van der Waals surface area contributed by atoms with E-state index in [4.69, 9.17) is 18.9 Å². The molecule has 1 fully saturated rings. The molecule has 0 aliphatic carbocycles. The van der Waals surface area contributed by atoms with Gasteiger partial charge in [-0.25, -0.2) is 9.69 Å². The highest BCUT2D eigenvalue weighted by Crippen LogP contribution is 2.27. The Bertz CT molecular complexity index is 601. The first kappa shape index (κ1) is 18.1. The Kier molecular flexibility index (Phi) is 6.03. The maximum Gasteiger partial charge on any atom is 0.417 e. The molecule has 1 saturated heterocycles. The van der Waals surface area contributed by atoms with Crippen LogP contribution in [0.3, 0.4) is 0 Å². The van der Waals surface area contributed by atoms with E-state index in [9.17, 15) is 9.59 Å². The number of amides is 2. The number of carbonyl (C=O) groups is 2. The van der Waals surface area contributed by atoms with E-state index in [0.717, 1.165) is 10.5 Å². The van der Waals surface area contributed by atoms with Gasteiger partial charge in [-0.15, -0.1) is 0 Å². The zero-order valence-corrected chi connectivity index (χ0v) is 14.4.